The Hall–Kier alpha value is -4.60. The number of piperidine rings is 4. The van der Waals surface area contributed by atoms with Gasteiger partial charge in [0, 0.05) is 168 Å². The molecule has 8 saturated heterocycles. The van der Waals surface area contributed by atoms with Crippen LogP contribution in [0, 0.1) is 41.4 Å². The molecule has 13 unspecified atom stereocenters. The Labute approximate surface area is 890 Å². The first-order chi connectivity index (χ1) is 69.2. The predicted octanol–water partition coefficient (Wildman–Crippen LogP) is 26.4. The van der Waals surface area contributed by atoms with Crippen molar-refractivity contribution >= 4 is 5.82 Å². The first-order valence-corrected chi connectivity index (χ1v) is 59.6. The van der Waals surface area contributed by atoms with Crippen LogP contribution in [0.3, 0.4) is 0 Å². The lowest BCUT2D eigenvalue weighted by molar-refractivity contribution is -0.126. The largest absolute Gasteiger partial charge is 0.488 e. The van der Waals surface area contributed by atoms with Crippen LogP contribution >= 0.6 is 0 Å². The maximum atomic E-state index is 5.88. The van der Waals surface area contributed by atoms with Gasteiger partial charge in [-0.25, -0.2) is 4.98 Å². The number of pyridine rings is 4. The summed E-state index contributed by atoms with van der Waals surface area (Å²) in [6.07, 6.45) is 42.8. The SMILES string of the molecule is CC(C)C1CCNC2OCCNC21.CC(C)C1Cc2cnccc2CN1.CC(C)C1NCOc2ccncc21.CC(C)N1CCC2CCNCC2C1.CC(C)N1CCOC2CCCCC21.CC(C)N1CCOC2CCNCC21.CC(C)N1CCOc2cccnc21.CC(C)N1CCc2cccnc2C1.CC(C)N1COC2CCCCC2C1.CCC.CCC.CCC.CCC.CCC.CCC.CCC.CCC.CCC. The van der Waals surface area contributed by atoms with E-state index in [9.17, 15) is 0 Å². The summed E-state index contributed by atoms with van der Waals surface area (Å²) in [4.78, 5) is 32.0. The van der Waals surface area contributed by atoms with E-state index in [0.29, 0.717) is 91.3 Å². The van der Waals surface area contributed by atoms with Gasteiger partial charge in [0.15, 0.2) is 11.6 Å². The minimum absolute atomic E-state index is 0.259. The van der Waals surface area contributed by atoms with Crippen LogP contribution in [0.1, 0.15) is 418 Å². The number of ether oxygens (including phenoxy) is 6. The van der Waals surface area contributed by atoms with Gasteiger partial charge in [-0.15, -0.1) is 0 Å². The smallest absolute Gasteiger partial charge is 0.171 e. The second-order valence-corrected chi connectivity index (χ2v) is 44.4. The van der Waals surface area contributed by atoms with Crippen molar-refractivity contribution < 1.29 is 28.4 Å². The average Bonchev–Trinajstić information content (AvgIpc) is 0.821. The average molecular weight is 2020 g/mol. The Morgan fingerprint density at radius 2 is 0.938 bits per heavy atom. The number of aromatic nitrogens is 4. The fraction of sp³-hybridized carbons (Fsp3) is 0.836. The van der Waals surface area contributed by atoms with Crippen molar-refractivity contribution in [2.45, 2.75) is 501 Å². The van der Waals surface area contributed by atoms with Crippen LogP contribution in [-0.4, -0.2) is 254 Å². The third-order valence-corrected chi connectivity index (χ3v) is 27.2. The predicted molar refractivity (Wildman–Crippen MR) is 622 cm³/mol. The van der Waals surface area contributed by atoms with E-state index in [-0.39, 0.29) is 6.23 Å². The third-order valence-electron chi connectivity index (χ3n) is 27.2. The van der Waals surface area contributed by atoms with Gasteiger partial charge in [-0.3, -0.25) is 45.2 Å². The number of morpholine rings is 3. The van der Waals surface area contributed by atoms with Gasteiger partial charge in [-0.05, 0) is 268 Å². The van der Waals surface area contributed by atoms with E-state index in [1.807, 2.05) is 55.2 Å². The Bertz CT molecular complexity index is 3290. The lowest BCUT2D eigenvalue weighted by Crippen LogP contribution is -2.62. The Balaban J connectivity index is 0.000000784. The van der Waals surface area contributed by atoms with Crippen LogP contribution in [-0.2, 0) is 44.9 Å². The van der Waals surface area contributed by atoms with E-state index in [2.05, 4.69) is 343 Å². The molecule has 13 atom stereocenters. The summed E-state index contributed by atoms with van der Waals surface area (Å²) in [6, 6.07) is 18.8. The molecule has 16 heterocycles. The molecule has 18 rings (SSSR count). The fourth-order valence-corrected chi connectivity index (χ4v) is 19.9. The van der Waals surface area contributed by atoms with E-state index in [1.54, 1.807) is 6.20 Å². The van der Waals surface area contributed by atoms with Crippen molar-refractivity contribution in [3.63, 3.8) is 0 Å². The second-order valence-electron chi connectivity index (χ2n) is 44.4. The highest BCUT2D eigenvalue weighted by atomic mass is 16.5. The van der Waals surface area contributed by atoms with Crippen LogP contribution in [0.4, 0.5) is 5.82 Å². The molecule has 2 saturated carbocycles. The van der Waals surface area contributed by atoms with Gasteiger partial charge in [0.1, 0.15) is 25.3 Å². The Kier molecular flexibility index (Phi) is 81.0. The molecule has 22 nitrogen and oxygen atoms in total. The third kappa shape index (κ3) is 54.6. The number of hydrogen-bond acceptors (Lipinski definition) is 22. The highest BCUT2D eigenvalue weighted by molar-refractivity contribution is 5.54. The molecule has 0 bridgehead atoms. The Morgan fingerprint density at radius 1 is 0.382 bits per heavy atom. The second kappa shape index (κ2) is 84.9. The first kappa shape index (κ1) is 137. The van der Waals surface area contributed by atoms with Gasteiger partial charge in [0.2, 0.25) is 0 Å². The Morgan fingerprint density at radius 3 is 1.53 bits per heavy atom. The molecule has 0 amide bonds. The van der Waals surface area contributed by atoms with E-state index in [0.717, 1.165) is 164 Å². The van der Waals surface area contributed by atoms with E-state index >= 15 is 0 Å². The molecule has 14 aliphatic rings. The molecule has 0 spiro atoms. The van der Waals surface area contributed by atoms with E-state index in [4.69, 9.17) is 28.4 Å². The molecule has 10 fully saturated rings. The number of likely N-dealkylation sites (tertiary alicyclic amines) is 1. The number of anilines is 1. The molecule has 4 aromatic rings. The molecule has 22 heteroatoms. The maximum absolute atomic E-state index is 5.88. The van der Waals surface area contributed by atoms with Crippen molar-refractivity contribution in [1.82, 2.24) is 76.3 Å². The zero-order valence-electron chi connectivity index (χ0n) is 101. The van der Waals surface area contributed by atoms with Crippen LogP contribution < -0.4 is 46.3 Å². The van der Waals surface area contributed by atoms with Crippen LogP contribution in [0.25, 0.3) is 0 Å². The van der Waals surface area contributed by atoms with Gasteiger partial charge in [0.25, 0.3) is 0 Å². The summed E-state index contributed by atoms with van der Waals surface area (Å²) in [5.74, 6) is 8.42. The van der Waals surface area contributed by atoms with Crippen LogP contribution in [0.2, 0.25) is 0 Å². The molecule has 144 heavy (non-hydrogen) atoms. The molecule has 2 aliphatic carbocycles. The number of rotatable bonds is 9. The van der Waals surface area contributed by atoms with Gasteiger partial charge < -0.3 is 59.5 Å². The normalized spacial score (nSPS) is 24.7. The highest BCUT2D eigenvalue weighted by Crippen LogP contribution is 2.36. The number of nitrogens with one attached hydrogen (secondary N) is 6. The molecule has 6 N–H and O–H groups in total. The molecule has 4 aromatic heterocycles. The van der Waals surface area contributed by atoms with Crippen molar-refractivity contribution in [2.75, 3.05) is 130 Å². The number of hydrogen-bond donors (Lipinski definition) is 6. The number of nitrogens with zero attached hydrogens (tertiary/aromatic N) is 10. The van der Waals surface area contributed by atoms with Crippen molar-refractivity contribution in [3.05, 3.63) is 102 Å². The minimum Gasteiger partial charge on any atom is -0.488 e. The summed E-state index contributed by atoms with van der Waals surface area (Å²) < 4.78 is 34.1. The minimum atomic E-state index is 0.259. The maximum Gasteiger partial charge on any atom is 0.171 e. The molecular weight excluding hydrogens is 1790 g/mol. The van der Waals surface area contributed by atoms with Crippen LogP contribution in [0.5, 0.6) is 11.5 Å². The van der Waals surface area contributed by atoms with Gasteiger partial charge in [-0.1, -0.05) is 256 Å². The number of fused-ring (bicyclic) bond motifs is 9. The molecule has 840 valence electrons. The van der Waals surface area contributed by atoms with E-state index in [1.165, 1.54) is 202 Å². The summed E-state index contributed by atoms with van der Waals surface area (Å²) in [5, 5.41) is 20.8. The first-order valence-electron chi connectivity index (χ1n) is 59.6. The molecule has 0 radical (unpaired) electrons. The summed E-state index contributed by atoms with van der Waals surface area (Å²) >= 11 is 0. The highest BCUT2D eigenvalue weighted by Gasteiger charge is 2.40. The fourth-order valence-electron chi connectivity index (χ4n) is 19.9. The van der Waals surface area contributed by atoms with Crippen molar-refractivity contribution in [2.24, 2.45) is 41.4 Å². The lowest BCUT2D eigenvalue weighted by Gasteiger charge is -2.45. The topological polar surface area (TPSA) is 199 Å². The molecular formula is C122H236N16O6. The summed E-state index contributed by atoms with van der Waals surface area (Å²) in [6.45, 7) is 101. The molecule has 12 aliphatic heterocycles. The van der Waals surface area contributed by atoms with E-state index < -0.39 is 0 Å². The van der Waals surface area contributed by atoms with Crippen molar-refractivity contribution in [3.8, 4) is 11.5 Å². The summed E-state index contributed by atoms with van der Waals surface area (Å²) in [7, 11) is 0. The monoisotopic (exact) mass is 2020 g/mol. The van der Waals surface area contributed by atoms with Crippen LogP contribution in [0.15, 0.2) is 73.6 Å². The van der Waals surface area contributed by atoms with Crippen molar-refractivity contribution in [1.29, 1.82) is 0 Å². The zero-order chi connectivity index (χ0) is 108. The van der Waals surface area contributed by atoms with Gasteiger partial charge >= 0.3 is 0 Å². The standard InChI is InChI=1S/C11H22N2.2C11H16N2.2C11H21NO.C10H14N2O.2C10H20N2O.C10H14N2O.9C3H8/c1-9(2)13-6-4-10-3-5-12-7-11(10)8-13;1-8(2)11-5-10-6-12-4-3-9(10)7-13-11;1-9(2)13-7-5-10-4-3-6-12-11(10)8-13;1-9(2)12-7-10-5-3-4-6-11(10)13-8-12;1-9(2)12-7-8-13-11-6-4-3-5-10(11)12;1-7(2)10-8-5-11-4-3-9(8)13-6-12-10;1-8(2)12-5-6-13-10-3-4-11-7-9(10)12;1-7(2)8-3-4-12-10-9(8)11-5-6-13-10;1-8(2)12-6-7-13-9-4-3-5-11-10(9)12;9*1-3-2/h9-12H,3-8H2,1-2H3;3-4,6,8,11,13H,5,7H2,1-2H3;3-4,6,9H,5,7-8H2,1-2H3;2*9-11H,3-8H2,1-2H3;3-5,7,10,12H,6H2,1-2H3;8-11H,3-7H2,1-2H3;7-12H,3-6H2,1-2H3;3-5,8H,6-7H2,1-2H3;9*3H2,1-2H3. The zero-order valence-corrected chi connectivity index (χ0v) is 101. The van der Waals surface area contributed by atoms with Gasteiger partial charge in [-0.2, -0.15) is 0 Å². The lowest BCUT2D eigenvalue weighted by atomic mass is 9.80. The molecule has 0 aromatic carbocycles. The van der Waals surface area contributed by atoms with Gasteiger partial charge in [0.05, 0.1) is 57.1 Å². The summed E-state index contributed by atoms with van der Waals surface area (Å²) in [5.41, 5.74) is 6.69. The quantitative estimate of drug-likeness (QED) is 0.0924.